The first-order chi connectivity index (χ1) is 17.5. The average Bonchev–Trinajstić information content (AvgIpc) is 3.42. The molecule has 4 fully saturated rings. The van der Waals surface area contributed by atoms with Crippen molar-refractivity contribution in [3.8, 4) is 11.1 Å². The summed E-state index contributed by atoms with van der Waals surface area (Å²) in [7, 11) is 0. The third kappa shape index (κ3) is 5.25. The molecule has 39 heavy (non-hydrogen) atoms. The molecule has 0 radical (unpaired) electrons. The molecule has 0 aromatic heterocycles. The number of hydrogen-bond acceptors (Lipinski definition) is 0. The molecule has 0 spiro atoms. The molecule has 0 heterocycles. The number of allylic oxidation sites excluding steroid dienone is 4. The first-order valence-electron chi connectivity index (χ1n) is 15.0. The van der Waals surface area contributed by atoms with E-state index in [-0.39, 0.29) is 35.6 Å². The van der Waals surface area contributed by atoms with Gasteiger partial charge in [0.1, 0.15) is 0 Å². The molecule has 0 aliphatic heterocycles. The molecule has 0 N–H and O–H groups in total. The Balaban J connectivity index is 0.00000154. The minimum absolute atomic E-state index is 0. The standard InChI is InChI=1S/C21H25.C15H19.2ClH.Zr/c1-20(2,3)16-9-7-14-11-15-8-10-17(21(4,5)6)13-19(15)18(14)12-16;1-2-4-14(3-1)15-8-11-5-12(9-15)7-13(6-11)10-15;;;/h7,9-10,12-13H,11H2,1-6H3;3-4,11-13H,1,5-10H2;2*1H;/q;;;;+2/p-2. The zero-order chi connectivity index (χ0) is 25.7. The normalized spacial score (nSPS) is 28.1. The van der Waals surface area contributed by atoms with Gasteiger partial charge < -0.3 is 24.8 Å². The summed E-state index contributed by atoms with van der Waals surface area (Å²) in [5.41, 5.74) is 12.0. The van der Waals surface area contributed by atoms with Gasteiger partial charge in [0.2, 0.25) is 0 Å². The van der Waals surface area contributed by atoms with Gasteiger partial charge in [0.05, 0.1) is 0 Å². The van der Waals surface area contributed by atoms with Gasteiger partial charge in [0, 0.05) is 0 Å². The molecule has 4 bridgehead atoms. The quantitative estimate of drug-likeness (QED) is 0.414. The number of rotatable bonds is 3. The van der Waals surface area contributed by atoms with Crippen LogP contribution in [-0.4, -0.2) is 0 Å². The molecule has 0 unspecified atom stereocenters. The summed E-state index contributed by atoms with van der Waals surface area (Å²) in [6.45, 7) is 14.2. The van der Waals surface area contributed by atoms with Crippen LogP contribution in [0, 0.1) is 23.2 Å². The maximum Gasteiger partial charge on any atom is -1.00 e. The maximum atomic E-state index is 2.76. The fourth-order valence-electron chi connectivity index (χ4n) is 8.90. The Kier molecular flexibility index (Phi) is 7.87. The zero-order valence-electron chi connectivity index (χ0n) is 24.7. The van der Waals surface area contributed by atoms with Crippen LogP contribution >= 0.6 is 0 Å². The molecule has 6 aliphatic rings. The summed E-state index contributed by atoms with van der Waals surface area (Å²) in [5, 5.41) is 0. The van der Waals surface area contributed by atoms with Crippen molar-refractivity contribution in [1.29, 1.82) is 0 Å². The summed E-state index contributed by atoms with van der Waals surface area (Å²) in [5.74, 6) is 3.11. The van der Waals surface area contributed by atoms with E-state index in [4.69, 9.17) is 0 Å². The molecule has 4 saturated carbocycles. The minimum Gasteiger partial charge on any atom is -1.00 e. The molecule has 0 saturated heterocycles. The van der Waals surface area contributed by atoms with Gasteiger partial charge in [-0.25, -0.2) is 0 Å². The van der Waals surface area contributed by atoms with Crippen molar-refractivity contribution < 1.29 is 48.0 Å². The van der Waals surface area contributed by atoms with Crippen LogP contribution in [0.3, 0.4) is 0 Å². The Labute approximate surface area is 261 Å². The molecular weight excluding hydrogens is 595 g/mol. The van der Waals surface area contributed by atoms with Crippen LogP contribution in [-0.2, 0) is 40.5 Å². The van der Waals surface area contributed by atoms with E-state index in [1.807, 2.05) is 3.28 Å². The van der Waals surface area contributed by atoms with Gasteiger partial charge in [-0.2, -0.15) is 0 Å². The molecule has 2 aromatic rings. The number of benzene rings is 2. The van der Waals surface area contributed by atoms with Crippen molar-refractivity contribution in [2.75, 3.05) is 0 Å². The molecule has 0 atom stereocenters. The average molecular weight is 639 g/mol. The SMILES string of the molecule is CC(C)(C)c1ccc2c(c1)-c1cc(C(C)(C)C)c[c]([Zr+2][C]3=CC(C45CC6CC(CC(C6)C4)C5)=CC3)c1C2.[Cl-].[Cl-]. The number of hydrogen-bond donors (Lipinski definition) is 0. The van der Waals surface area contributed by atoms with Gasteiger partial charge in [-0.15, -0.1) is 0 Å². The van der Waals surface area contributed by atoms with E-state index in [1.54, 1.807) is 44.8 Å². The molecule has 206 valence electrons. The van der Waals surface area contributed by atoms with E-state index in [2.05, 4.69) is 84.0 Å². The summed E-state index contributed by atoms with van der Waals surface area (Å²) in [6.07, 6.45) is 17.0. The molecule has 2 aromatic carbocycles. The summed E-state index contributed by atoms with van der Waals surface area (Å²) in [6, 6.07) is 12.5. The van der Waals surface area contributed by atoms with Crippen molar-refractivity contribution in [3.63, 3.8) is 0 Å². The molecule has 3 heteroatoms. The predicted molar refractivity (Wildman–Crippen MR) is 153 cm³/mol. The second kappa shape index (κ2) is 10.3. The van der Waals surface area contributed by atoms with E-state index in [1.165, 1.54) is 42.4 Å². The van der Waals surface area contributed by atoms with E-state index < -0.39 is 23.2 Å². The minimum atomic E-state index is -0.835. The van der Waals surface area contributed by atoms with Crippen LogP contribution in [0.5, 0.6) is 0 Å². The number of halogens is 2. The summed E-state index contributed by atoms with van der Waals surface area (Å²) in [4.78, 5) is 0. The monoisotopic (exact) mass is 636 g/mol. The summed E-state index contributed by atoms with van der Waals surface area (Å²) >= 11 is -0.835. The van der Waals surface area contributed by atoms with Crippen LogP contribution < -0.4 is 28.1 Å². The molecule has 6 aliphatic carbocycles. The van der Waals surface area contributed by atoms with Crippen molar-refractivity contribution >= 4 is 3.27 Å². The Bertz CT molecular complexity index is 1310. The van der Waals surface area contributed by atoms with Gasteiger partial charge in [-0.1, -0.05) is 0 Å². The van der Waals surface area contributed by atoms with Gasteiger partial charge >= 0.3 is 238 Å². The van der Waals surface area contributed by atoms with E-state index in [0.717, 1.165) is 24.2 Å². The first-order valence-corrected chi connectivity index (χ1v) is 17.4. The fraction of sp³-hybridized carbons (Fsp3) is 0.556. The van der Waals surface area contributed by atoms with Crippen molar-refractivity contribution in [3.05, 3.63) is 73.6 Å². The van der Waals surface area contributed by atoms with Gasteiger partial charge in [0.25, 0.3) is 0 Å². The van der Waals surface area contributed by atoms with Crippen LogP contribution in [0.2, 0.25) is 0 Å². The molecular formula is C36H44Cl2Zr. The van der Waals surface area contributed by atoms with Crippen molar-refractivity contribution in [2.45, 2.75) is 104 Å². The molecule has 0 amide bonds. The van der Waals surface area contributed by atoms with E-state index in [9.17, 15) is 0 Å². The molecule has 8 rings (SSSR count). The Hall–Kier alpha value is -0.617. The van der Waals surface area contributed by atoms with Crippen LogP contribution in [0.15, 0.2) is 51.3 Å². The van der Waals surface area contributed by atoms with Crippen LogP contribution in [0.4, 0.5) is 0 Å². The second-order valence-corrected chi connectivity index (χ2v) is 19.0. The van der Waals surface area contributed by atoms with E-state index in [0.29, 0.717) is 5.41 Å². The van der Waals surface area contributed by atoms with E-state index >= 15 is 0 Å². The Morgan fingerprint density at radius 3 is 1.92 bits per heavy atom. The zero-order valence-corrected chi connectivity index (χ0v) is 28.7. The first kappa shape index (κ1) is 29.9. The van der Waals surface area contributed by atoms with Gasteiger partial charge in [-0.05, 0) is 0 Å². The summed E-state index contributed by atoms with van der Waals surface area (Å²) < 4.78 is 3.58. The van der Waals surface area contributed by atoms with Crippen molar-refractivity contribution in [2.24, 2.45) is 23.2 Å². The van der Waals surface area contributed by atoms with Crippen molar-refractivity contribution in [1.82, 2.24) is 0 Å². The Morgan fingerprint density at radius 1 is 0.744 bits per heavy atom. The third-order valence-electron chi connectivity index (χ3n) is 10.6. The van der Waals surface area contributed by atoms with Gasteiger partial charge in [-0.3, -0.25) is 0 Å². The third-order valence-corrected chi connectivity index (χ3v) is 14.0. The fourth-order valence-corrected chi connectivity index (χ4v) is 12.3. The number of fused-ring (bicyclic) bond motifs is 3. The maximum absolute atomic E-state index is 2.76. The second-order valence-electron chi connectivity index (χ2n) is 15.5. The topological polar surface area (TPSA) is 0 Å². The Morgan fingerprint density at radius 2 is 1.33 bits per heavy atom. The predicted octanol–water partition coefficient (Wildman–Crippen LogP) is 3.00. The van der Waals surface area contributed by atoms with Crippen LogP contribution in [0.25, 0.3) is 11.1 Å². The smallest absolute Gasteiger partial charge is 1.00 e. The largest absolute Gasteiger partial charge is 1.00 e. The van der Waals surface area contributed by atoms with Gasteiger partial charge in [0.15, 0.2) is 0 Å². The molecule has 0 nitrogen and oxygen atoms in total. The van der Waals surface area contributed by atoms with Crippen LogP contribution in [0.1, 0.15) is 109 Å².